The lowest BCUT2D eigenvalue weighted by Crippen LogP contribution is -1.95. The predicted octanol–water partition coefficient (Wildman–Crippen LogP) is 9.31. The van der Waals surface area contributed by atoms with Crippen LogP contribution >= 0.6 is 0 Å². The lowest BCUT2D eigenvalue weighted by atomic mass is 9.93. The van der Waals surface area contributed by atoms with Crippen molar-refractivity contribution in [3.63, 3.8) is 0 Å². The number of nitrogens with zero attached hydrogens (tertiary/aromatic N) is 2. The number of aromatic nitrogens is 2. The van der Waals surface area contributed by atoms with Crippen molar-refractivity contribution >= 4 is 54.1 Å². The molecule has 2 aromatic heterocycles. The van der Waals surface area contributed by atoms with Gasteiger partial charge in [0.2, 0.25) is 0 Å². The molecule has 0 fully saturated rings. The first-order chi connectivity index (χ1) is 18.4. The Balaban J connectivity index is 1.56. The van der Waals surface area contributed by atoms with E-state index in [1.807, 2.05) is 18.3 Å². The maximum Gasteiger partial charge on any atom is 0.0701 e. The van der Waals surface area contributed by atoms with Crippen LogP contribution in [0.3, 0.4) is 0 Å². The Morgan fingerprint density at radius 1 is 0.459 bits per heavy atom. The van der Waals surface area contributed by atoms with Crippen LogP contribution in [0.15, 0.2) is 134 Å². The average Bonchev–Trinajstić information content (AvgIpc) is 3.33. The SMILES string of the molecule is c1ccc(-c2ccc(-n3c4ccccc4c4c5ccccc5c5c6ccccc6ccc5c43)cc2)nc1. The maximum atomic E-state index is 4.54. The van der Waals surface area contributed by atoms with Gasteiger partial charge in [0.05, 0.1) is 16.7 Å². The van der Waals surface area contributed by atoms with Crippen LogP contribution in [0, 0.1) is 0 Å². The number of rotatable bonds is 2. The van der Waals surface area contributed by atoms with Crippen LogP contribution in [0.4, 0.5) is 0 Å². The zero-order valence-corrected chi connectivity index (χ0v) is 20.1. The quantitative estimate of drug-likeness (QED) is 0.230. The van der Waals surface area contributed by atoms with Crippen LogP contribution in [-0.4, -0.2) is 9.55 Å². The highest BCUT2D eigenvalue weighted by Crippen LogP contribution is 2.44. The van der Waals surface area contributed by atoms with Gasteiger partial charge in [0.1, 0.15) is 0 Å². The van der Waals surface area contributed by atoms with Gasteiger partial charge in [0, 0.05) is 33.6 Å². The van der Waals surface area contributed by atoms with Gasteiger partial charge in [0.15, 0.2) is 0 Å². The molecule has 0 saturated heterocycles. The largest absolute Gasteiger partial charge is 0.309 e. The van der Waals surface area contributed by atoms with E-state index in [0.29, 0.717) is 0 Å². The molecule has 0 aliphatic carbocycles. The summed E-state index contributed by atoms with van der Waals surface area (Å²) in [6.45, 7) is 0. The standard InChI is InChI=1S/C35H22N2/c1-2-10-26-23(9-1)18-21-30-33(26)27-11-3-4-12-28(27)34-29-13-5-6-15-32(29)37(35(30)34)25-19-16-24(17-20-25)31-14-7-8-22-36-31/h1-22H. The van der Waals surface area contributed by atoms with Crippen molar-refractivity contribution in [2.24, 2.45) is 0 Å². The number of hydrogen-bond acceptors (Lipinski definition) is 1. The normalized spacial score (nSPS) is 11.8. The number of fused-ring (bicyclic) bond motifs is 10. The Hall–Kier alpha value is -4.95. The highest BCUT2D eigenvalue weighted by Gasteiger charge is 2.19. The molecule has 0 N–H and O–H groups in total. The zero-order chi connectivity index (χ0) is 24.3. The average molecular weight is 471 g/mol. The second-order valence-electron chi connectivity index (χ2n) is 9.59. The zero-order valence-electron chi connectivity index (χ0n) is 20.1. The molecule has 2 nitrogen and oxygen atoms in total. The summed E-state index contributed by atoms with van der Waals surface area (Å²) in [4.78, 5) is 4.54. The summed E-state index contributed by atoms with van der Waals surface area (Å²) in [5, 5.41) is 10.3. The third-order valence-corrected chi connectivity index (χ3v) is 7.61. The van der Waals surface area contributed by atoms with E-state index in [0.717, 1.165) is 16.9 Å². The van der Waals surface area contributed by atoms with E-state index < -0.39 is 0 Å². The van der Waals surface area contributed by atoms with Gasteiger partial charge < -0.3 is 4.57 Å². The fourth-order valence-electron chi connectivity index (χ4n) is 6.03. The van der Waals surface area contributed by atoms with Gasteiger partial charge in [-0.25, -0.2) is 0 Å². The van der Waals surface area contributed by atoms with Crippen LogP contribution in [0.2, 0.25) is 0 Å². The summed E-state index contributed by atoms with van der Waals surface area (Å²) >= 11 is 0. The van der Waals surface area contributed by atoms with Gasteiger partial charge in [-0.3, -0.25) is 4.98 Å². The number of pyridine rings is 1. The molecule has 8 rings (SSSR count). The summed E-state index contributed by atoms with van der Waals surface area (Å²) in [6.07, 6.45) is 1.85. The van der Waals surface area contributed by atoms with Crippen LogP contribution < -0.4 is 0 Å². The van der Waals surface area contributed by atoms with E-state index in [1.165, 1.54) is 54.1 Å². The summed E-state index contributed by atoms with van der Waals surface area (Å²) in [5.74, 6) is 0. The molecule has 2 heteroatoms. The molecule has 0 radical (unpaired) electrons. The summed E-state index contributed by atoms with van der Waals surface area (Å²) in [7, 11) is 0. The van der Waals surface area contributed by atoms with Crippen LogP contribution in [0.25, 0.3) is 71.1 Å². The van der Waals surface area contributed by atoms with Gasteiger partial charge in [0.25, 0.3) is 0 Å². The number of benzene rings is 6. The molecule has 172 valence electrons. The molecule has 0 aliphatic heterocycles. The molecule has 0 unspecified atom stereocenters. The number of para-hydroxylation sites is 1. The molecular formula is C35H22N2. The van der Waals surface area contributed by atoms with Gasteiger partial charge in [-0.1, -0.05) is 97.1 Å². The first-order valence-electron chi connectivity index (χ1n) is 12.7. The van der Waals surface area contributed by atoms with Crippen molar-refractivity contribution in [2.75, 3.05) is 0 Å². The molecule has 6 aromatic carbocycles. The Kier molecular flexibility index (Phi) is 4.26. The molecule has 8 aromatic rings. The van der Waals surface area contributed by atoms with E-state index in [4.69, 9.17) is 0 Å². The molecule has 37 heavy (non-hydrogen) atoms. The fourth-order valence-corrected chi connectivity index (χ4v) is 6.03. The smallest absolute Gasteiger partial charge is 0.0701 e. The van der Waals surface area contributed by atoms with Crippen molar-refractivity contribution in [3.8, 4) is 16.9 Å². The maximum absolute atomic E-state index is 4.54. The molecular weight excluding hydrogens is 448 g/mol. The van der Waals surface area contributed by atoms with Crippen molar-refractivity contribution in [3.05, 3.63) is 134 Å². The minimum Gasteiger partial charge on any atom is -0.309 e. The van der Waals surface area contributed by atoms with Gasteiger partial charge >= 0.3 is 0 Å². The molecule has 0 atom stereocenters. The minimum absolute atomic E-state index is 0.985. The van der Waals surface area contributed by atoms with Crippen molar-refractivity contribution < 1.29 is 0 Å². The molecule has 0 bridgehead atoms. The summed E-state index contributed by atoms with van der Waals surface area (Å²) in [6, 6.07) is 45.8. The monoisotopic (exact) mass is 470 g/mol. The first kappa shape index (κ1) is 20.3. The van der Waals surface area contributed by atoms with Crippen LogP contribution in [0.1, 0.15) is 0 Å². The lowest BCUT2D eigenvalue weighted by Gasteiger charge is -2.14. The highest BCUT2D eigenvalue weighted by atomic mass is 15.0. The Morgan fingerprint density at radius 2 is 1.14 bits per heavy atom. The lowest BCUT2D eigenvalue weighted by molar-refractivity contribution is 1.19. The van der Waals surface area contributed by atoms with E-state index >= 15 is 0 Å². The van der Waals surface area contributed by atoms with Gasteiger partial charge in [-0.15, -0.1) is 0 Å². The van der Waals surface area contributed by atoms with Crippen molar-refractivity contribution in [2.45, 2.75) is 0 Å². The Labute approximate surface area is 214 Å². The van der Waals surface area contributed by atoms with Crippen LogP contribution in [-0.2, 0) is 0 Å². The van der Waals surface area contributed by atoms with E-state index in [-0.39, 0.29) is 0 Å². The van der Waals surface area contributed by atoms with Gasteiger partial charge in [-0.2, -0.15) is 0 Å². The first-order valence-corrected chi connectivity index (χ1v) is 12.7. The molecule has 0 saturated carbocycles. The van der Waals surface area contributed by atoms with Gasteiger partial charge in [-0.05, 0) is 57.3 Å². The molecule has 0 spiro atoms. The second kappa shape index (κ2) is 7.78. The van der Waals surface area contributed by atoms with Crippen molar-refractivity contribution in [1.82, 2.24) is 9.55 Å². The fraction of sp³-hybridized carbons (Fsp3) is 0. The topological polar surface area (TPSA) is 17.8 Å². The predicted molar refractivity (Wildman–Crippen MR) is 157 cm³/mol. The number of hydrogen-bond donors (Lipinski definition) is 0. The third-order valence-electron chi connectivity index (χ3n) is 7.61. The Morgan fingerprint density at radius 3 is 1.92 bits per heavy atom. The Bertz CT molecular complexity index is 2120. The minimum atomic E-state index is 0.985. The molecule has 2 heterocycles. The van der Waals surface area contributed by atoms with E-state index in [1.54, 1.807) is 0 Å². The summed E-state index contributed by atoms with van der Waals surface area (Å²) in [5.41, 5.74) is 5.72. The van der Waals surface area contributed by atoms with Crippen LogP contribution in [0.5, 0.6) is 0 Å². The van der Waals surface area contributed by atoms with Crippen molar-refractivity contribution in [1.29, 1.82) is 0 Å². The van der Waals surface area contributed by atoms with E-state index in [9.17, 15) is 0 Å². The molecule has 0 amide bonds. The molecule has 0 aliphatic rings. The highest BCUT2D eigenvalue weighted by molar-refractivity contribution is 6.35. The second-order valence-corrected chi connectivity index (χ2v) is 9.59. The summed E-state index contributed by atoms with van der Waals surface area (Å²) < 4.78 is 2.44. The third kappa shape index (κ3) is 2.90. The van der Waals surface area contributed by atoms with E-state index in [2.05, 4.69) is 125 Å².